The van der Waals surface area contributed by atoms with Gasteiger partial charge in [-0.25, -0.2) is 9.36 Å². The Hall–Kier alpha value is -1.00. The number of hydrogen-bond donors (Lipinski definition) is 0. The quantitative estimate of drug-likeness (QED) is 0.684. The Morgan fingerprint density at radius 2 is 2.05 bits per heavy atom. The van der Waals surface area contributed by atoms with Gasteiger partial charge in [-0.2, -0.15) is 0 Å². The van der Waals surface area contributed by atoms with Crippen LogP contribution in [0, 0.1) is 0 Å². The predicted molar refractivity (Wildman–Crippen MR) is 81.2 cm³/mol. The maximum Gasteiger partial charge on any atom is 0.419 e. The molecule has 0 N–H and O–H groups in total. The Kier molecular flexibility index (Phi) is 3.92. The average Bonchev–Trinajstić information content (AvgIpc) is 2.63. The van der Waals surface area contributed by atoms with Crippen molar-refractivity contribution in [3.63, 3.8) is 0 Å². The van der Waals surface area contributed by atoms with Gasteiger partial charge in [0.1, 0.15) is 5.60 Å². The molecule has 0 aliphatic carbocycles. The smallest absolute Gasteiger partial charge is 0.419 e. The second-order valence-corrected chi connectivity index (χ2v) is 6.29. The first-order chi connectivity index (χ1) is 8.81. The fraction of sp³-hybridized carbons (Fsp3) is 0.357. The highest BCUT2D eigenvalue weighted by Crippen LogP contribution is 2.26. The van der Waals surface area contributed by atoms with Crippen LogP contribution >= 0.6 is 27.5 Å². The highest BCUT2D eigenvalue weighted by Gasteiger charge is 2.21. The van der Waals surface area contributed by atoms with Crippen molar-refractivity contribution in [1.29, 1.82) is 0 Å². The van der Waals surface area contributed by atoms with Crippen LogP contribution in [0.5, 0.6) is 0 Å². The molecule has 0 unspecified atom stereocenters. The SMILES string of the molecule is CC(C)(C)OC(=O)n1c(CBr)cc2cc(Cl)ccc21. The fourth-order valence-electron chi connectivity index (χ4n) is 1.86. The summed E-state index contributed by atoms with van der Waals surface area (Å²) in [5.74, 6) is 0. The lowest BCUT2D eigenvalue weighted by molar-refractivity contribution is 0.0541. The normalized spacial score (nSPS) is 11.8. The first kappa shape index (κ1) is 14.4. The molecule has 0 aliphatic heterocycles. The van der Waals surface area contributed by atoms with Crippen molar-refractivity contribution in [2.45, 2.75) is 31.7 Å². The molecule has 2 rings (SSSR count). The summed E-state index contributed by atoms with van der Waals surface area (Å²) in [7, 11) is 0. The minimum absolute atomic E-state index is 0.376. The zero-order valence-electron chi connectivity index (χ0n) is 11.0. The molecule has 1 aromatic heterocycles. The minimum Gasteiger partial charge on any atom is -0.443 e. The summed E-state index contributed by atoms with van der Waals surface area (Å²) < 4.78 is 7.01. The molecule has 0 saturated carbocycles. The van der Waals surface area contributed by atoms with E-state index in [0.717, 1.165) is 16.6 Å². The van der Waals surface area contributed by atoms with Crippen LogP contribution in [0.1, 0.15) is 26.5 Å². The zero-order chi connectivity index (χ0) is 14.2. The summed E-state index contributed by atoms with van der Waals surface area (Å²) in [6.07, 6.45) is -0.376. The van der Waals surface area contributed by atoms with Gasteiger partial charge in [0.05, 0.1) is 5.52 Å². The molecule has 1 aromatic carbocycles. The number of ether oxygens (including phenoxy) is 1. The lowest BCUT2D eigenvalue weighted by Gasteiger charge is -2.20. The third-order valence-corrected chi connectivity index (χ3v) is 3.36. The van der Waals surface area contributed by atoms with E-state index in [-0.39, 0.29) is 6.09 Å². The highest BCUT2D eigenvalue weighted by molar-refractivity contribution is 9.08. The molecule has 0 fully saturated rings. The number of carbonyl (C=O) groups is 1. The van der Waals surface area contributed by atoms with Crippen LogP contribution in [0.25, 0.3) is 10.9 Å². The minimum atomic E-state index is -0.524. The monoisotopic (exact) mass is 343 g/mol. The lowest BCUT2D eigenvalue weighted by Crippen LogP contribution is -2.27. The zero-order valence-corrected chi connectivity index (χ0v) is 13.4. The second-order valence-electron chi connectivity index (χ2n) is 5.29. The number of halogens is 2. The van der Waals surface area contributed by atoms with Crippen LogP contribution in [-0.2, 0) is 10.1 Å². The molecule has 3 nitrogen and oxygen atoms in total. The molecule has 19 heavy (non-hydrogen) atoms. The number of benzene rings is 1. The average molecular weight is 345 g/mol. The molecule has 2 aromatic rings. The van der Waals surface area contributed by atoms with Gasteiger partial charge in [0.2, 0.25) is 0 Å². The number of nitrogens with zero attached hydrogens (tertiary/aromatic N) is 1. The summed E-state index contributed by atoms with van der Waals surface area (Å²) in [5.41, 5.74) is 1.11. The number of carbonyl (C=O) groups excluding carboxylic acids is 1. The maximum atomic E-state index is 12.3. The first-order valence-electron chi connectivity index (χ1n) is 5.91. The van der Waals surface area contributed by atoms with Crippen molar-refractivity contribution in [3.8, 4) is 0 Å². The Bertz CT molecular complexity index is 628. The van der Waals surface area contributed by atoms with Gasteiger partial charge in [-0.15, -0.1) is 0 Å². The van der Waals surface area contributed by atoms with Gasteiger partial charge in [-0.1, -0.05) is 27.5 Å². The van der Waals surface area contributed by atoms with Crippen LogP contribution in [-0.4, -0.2) is 16.3 Å². The van der Waals surface area contributed by atoms with Gasteiger partial charge in [0.15, 0.2) is 0 Å². The molecule has 0 spiro atoms. The summed E-state index contributed by atoms with van der Waals surface area (Å²) in [5, 5.41) is 2.14. The van der Waals surface area contributed by atoms with E-state index in [1.54, 1.807) is 10.6 Å². The van der Waals surface area contributed by atoms with Crippen molar-refractivity contribution < 1.29 is 9.53 Å². The number of hydrogen-bond acceptors (Lipinski definition) is 2. The standard InChI is InChI=1S/C14H15BrClNO2/c1-14(2,3)19-13(18)17-11(8-15)7-9-6-10(16)4-5-12(9)17/h4-7H,8H2,1-3H3. The topological polar surface area (TPSA) is 31.2 Å². The Labute approximate surface area is 125 Å². The molecule has 0 saturated heterocycles. The van der Waals surface area contributed by atoms with E-state index in [2.05, 4.69) is 15.9 Å². The van der Waals surface area contributed by atoms with Crippen LogP contribution in [0.15, 0.2) is 24.3 Å². The number of alkyl halides is 1. The van der Waals surface area contributed by atoms with Crippen LogP contribution in [0.4, 0.5) is 4.79 Å². The van der Waals surface area contributed by atoms with Gasteiger partial charge in [0, 0.05) is 21.4 Å². The third kappa shape index (κ3) is 3.12. The van der Waals surface area contributed by atoms with Crippen molar-refractivity contribution in [2.75, 3.05) is 0 Å². The van der Waals surface area contributed by atoms with E-state index < -0.39 is 5.60 Å². The third-order valence-electron chi connectivity index (χ3n) is 2.55. The lowest BCUT2D eigenvalue weighted by atomic mass is 10.2. The number of aromatic nitrogens is 1. The summed E-state index contributed by atoms with van der Waals surface area (Å²) >= 11 is 9.36. The second kappa shape index (κ2) is 5.17. The fourth-order valence-corrected chi connectivity index (χ4v) is 2.46. The molecule has 0 bridgehead atoms. The summed E-state index contributed by atoms with van der Waals surface area (Å²) in [6.45, 7) is 5.55. The van der Waals surface area contributed by atoms with Crippen LogP contribution in [0.2, 0.25) is 5.02 Å². The molecule has 0 radical (unpaired) electrons. The Morgan fingerprint density at radius 1 is 1.37 bits per heavy atom. The van der Waals surface area contributed by atoms with E-state index >= 15 is 0 Å². The van der Waals surface area contributed by atoms with E-state index in [1.807, 2.05) is 39.0 Å². The predicted octanol–water partition coefficient (Wildman–Crippen LogP) is 4.97. The van der Waals surface area contributed by atoms with E-state index in [1.165, 1.54) is 0 Å². The van der Waals surface area contributed by atoms with Gasteiger partial charge in [0.25, 0.3) is 0 Å². The van der Waals surface area contributed by atoms with Gasteiger partial charge >= 0.3 is 6.09 Å². The molecule has 5 heteroatoms. The highest BCUT2D eigenvalue weighted by atomic mass is 79.9. The molecule has 102 valence electrons. The summed E-state index contributed by atoms with van der Waals surface area (Å²) in [6, 6.07) is 7.36. The van der Waals surface area contributed by atoms with Gasteiger partial charge in [-0.05, 0) is 45.0 Å². The van der Waals surface area contributed by atoms with E-state index in [4.69, 9.17) is 16.3 Å². The number of rotatable bonds is 1. The van der Waals surface area contributed by atoms with Crippen molar-refractivity contribution >= 4 is 44.5 Å². The maximum absolute atomic E-state index is 12.3. The summed E-state index contributed by atoms with van der Waals surface area (Å²) in [4.78, 5) is 12.3. The van der Waals surface area contributed by atoms with Crippen LogP contribution in [0.3, 0.4) is 0 Å². The van der Waals surface area contributed by atoms with E-state index in [9.17, 15) is 4.79 Å². The Balaban J connectivity index is 2.54. The van der Waals surface area contributed by atoms with Gasteiger partial charge in [-0.3, -0.25) is 0 Å². The van der Waals surface area contributed by atoms with Crippen molar-refractivity contribution in [2.24, 2.45) is 0 Å². The Morgan fingerprint density at radius 3 is 2.63 bits per heavy atom. The molecule has 1 heterocycles. The molecule has 0 aliphatic rings. The molecule has 0 atom stereocenters. The molecular formula is C14H15BrClNO2. The van der Waals surface area contributed by atoms with Crippen molar-refractivity contribution in [3.05, 3.63) is 35.0 Å². The van der Waals surface area contributed by atoms with Gasteiger partial charge < -0.3 is 4.74 Å². The van der Waals surface area contributed by atoms with Crippen molar-refractivity contribution in [1.82, 2.24) is 4.57 Å². The van der Waals surface area contributed by atoms with Crippen LogP contribution < -0.4 is 0 Å². The van der Waals surface area contributed by atoms with E-state index in [0.29, 0.717) is 10.4 Å². The molecule has 0 amide bonds. The largest absolute Gasteiger partial charge is 0.443 e. The first-order valence-corrected chi connectivity index (χ1v) is 7.41. The molecular weight excluding hydrogens is 330 g/mol. The number of fused-ring (bicyclic) bond motifs is 1.